The second-order valence-electron chi connectivity index (χ2n) is 5.26. The zero-order chi connectivity index (χ0) is 16.2. The summed E-state index contributed by atoms with van der Waals surface area (Å²) in [4.78, 5) is 10.7. The van der Waals surface area contributed by atoms with Crippen LogP contribution in [0.15, 0.2) is 24.3 Å². The summed E-state index contributed by atoms with van der Waals surface area (Å²) in [5.41, 5.74) is 0.842. The molecule has 122 valence electrons. The van der Waals surface area contributed by atoms with Gasteiger partial charge in [0.15, 0.2) is 0 Å². The molecule has 2 atom stereocenters. The smallest absolute Gasteiger partial charge is 0.306 e. The number of hydrogen-bond acceptors (Lipinski definition) is 4. The Labute approximate surface area is 134 Å². The zero-order valence-electron chi connectivity index (χ0n) is 11.9. The molecule has 1 aliphatic rings. The first kappa shape index (κ1) is 17.2. The molecular formula is C14H18ClNO5S. The van der Waals surface area contributed by atoms with E-state index in [4.69, 9.17) is 21.4 Å². The maximum Gasteiger partial charge on any atom is 0.306 e. The molecule has 0 aromatic heterocycles. The van der Waals surface area contributed by atoms with Crippen molar-refractivity contribution < 1.29 is 23.1 Å². The van der Waals surface area contributed by atoms with Crippen molar-refractivity contribution in [1.82, 2.24) is 4.72 Å². The summed E-state index contributed by atoms with van der Waals surface area (Å²) in [5.74, 6) is -1.87. The first-order valence-corrected chi connectivity index (χ1v) is 8.93. The van der Waals surface area contributed by atoms with Crippen molar-refractivity contribution in [2.24, 2.45) is 11.8 Å². The van der Waals surface area contributed by atoms with E-state index in [1.54, 1.807) is 6.07 Å². The number of ether oxygens (including phenoxy) is 1. The summed E-state index contributed by atoms with van der Waals surface area (Å²) in [6, 6.07) is 7.27. The number of rotatable bonds is 9. The van der Waals surface area contributed by atoms with E-state index in [0.717, 1.165) is 5.56 Å². The molecule has 0 saturated heterocycles. The molecule has 0 amide bonds. The third-order valence-electron chi connectivity index (χ3n) is 3.46. The van der Waals surface area contributed by atoms with Gasteiger partial charge in [-0.2, -0.15) is 0 Å². The Morgan fingerprint density at radius 1 is 1.41 bits per heavy atom. The lowest BCUT2D eigenvalue weighted by atomic mass is 10.2. The van der Waals surface area contributed by atoms with Crippen LogP contribution in [0.1, 0.15) is 12.0 Å². The fraction of sp³-hybridized carbons (Fsp3) is 0.500. The molecule has 1 aromatic carbocycles. The van der Waals surface area contributed by atoms with Gasteiger partial charge in [0.25, 0.3) is 0 Å². The van der Waals surface area contributed by atoms with Crippen LogP contribution in [0.5, 0.6) is 0 Å². The number of carboxylic acids is 1. The van der Waals surface area contributed by atoms with E-state index < -0.39 is 21.9 Å². The third kappa shape index (κ3) is 5.24. The summed E-state index contributed by atoms with van der Waals surface area (Å²) in [7, 11) is -3.46. The monoisotopic (exact) mass is 347 g/mol. The molecule has 1 saturated carbocycles. The van der Waals surface area contributed by atoms with Crippen LogP contribution in [0, 0.1) is 11.8 Å². The third-order valence-corrected chi connectivity index (χ3v) is 5.34. The highest BCUT2D eigenvalue weighted by molar-refractivity contribution is 7.89. The van der Waals surface area contributed by atoms with Crippen LogP contribution in [0.4, 0.5) is 0 Å². The average molecular weight is 348 g/mol. The Morgan fingerprint density at radius 3 is 2.77 bits per heavy atom. The van der Waals surface area contributed by atoms with Crippen molar-refractivity contribution >= 4 is 27.6 Å². The number of sulfonamides is 1. The fourth-order valence-corrected chi connectivity index (χ4v) is 3.78. The van der Waals surface area contributed by atoms with E-state index in [-0.39, 0.29) is 24.8 Å². The maximum atomic E-state index is 11.8. The summed E-state index contributed by atoms with van der Waals surface area (Å²) >= 11 is 5.97. The highest BCUT2D eigenvalue weighted by Crippen LogP contribution is 2.39. The van der Waals surface area contributed by atoms with E-state index in [2.05, 4.69) is 4.72 Å². The SMILES string of the molecule is O=C(O)[C@@H]1C[C@@H]1CS(=O)(=O)NCCOCc1ccccc1Cl. The van der Waals surface area contributed by atoms with Gasteiger partial charge in [-0.15, -0.1) is 0 Å². The van der Waals surface area contributed by atoms with Gasteiger partial charge in [-0.3, -0.25) is 4.79 Å². The molecule has 2 N–H and O–H groups in total. The highest BCUT2D eigenvalue weighted by Gasteiger charge is 2.45. The van der Waals surface area contributed by atoms with Crippen LogP contribution in [-0.4, -0.2) is 38.4 Å². The molecule has 0 spiro atoms. The second-order valence-corrected chi connectivity index (χ2v) is 7.52. The standard InChI is InChI=1S/C14H18ClNO5S/c15-13-4-2-1-3-10(13)8-21-6-5-16-22(19,20)9-11-7-12(11)14(17)18/h1-4,11-12,16H,5-9H2,(H,17,18)/t11-,12-/m1/s1. The molecular weight excluding hydrogens is 330 g/mol. The van der Waals surface area contributed by atoms with E-state index in [1.807, 2.05) is 18.2 Å². The minimum atomic E-state index is -3.46. The van der Waals surface area contributed by atoms with Crippen molar-refractivity contribution in [3.63, 3.8) is 0 Å². The Balaban J connectivity index is 1.64. The fourth-order valence-electron chi connectivity index (χ4n) is 2.14. The predicted molar refractivity (Wildman–Crippen MR) is 82.1 cm³/mol. The zero-order valence-corrected chi connectivity index (χ0v) is 13.4. The van der Waals surface area contributed by atoms with Crippen LogP contribution in [-0.2, 0) is 26.2 Å². The Kier molecular flexibility index (Phi) is 5.80. The van der Waals surface area contributed by atoms with Gasteiger partial charge in [0.05, 0.1) is 24.9 Å². The van der Waals surface area contributed by atoms with E-state index >= 15 is 0 Å². The number of aliphatic carboxylic acids is 1. The van der Waals surface area contributed by atoms with Gasteiger partial charge >= 0.3 is 5.97 Å². The van der Waals surface area contributed by atoms with Crippen LogP contribution < -0.4 is 4.72 Å². The number of carbonyl (C=O) groups is 1. The van der Waals surface area contributed by atoms with Gasteiger partial charge < -0.3 is 9.84 Å². The minimum absolute atomic E-state index is 0.144. The summed E-state index contributed by atoms with van der Waals surface area (Å²) in [6.07, 6.45) is 0.430. The van der Waals surface area contributed by atoms with Crippen molar-refractivity contribution in [1.29, 1.82) is 0 Å². The molecule has 8 heteroatoms. The normalized spacial score (nSPS) is 20.8. The van der Waals surface area contributed by atoms with Gasteiger partial charge in [-0.1, -0.05) is 29.8 Å². The summed E-state index contributed by atoms with van der Waals surface area (Å²) in [6.45, 7) is 0.680. The van der Waals surface area contributed by atoms with E-state index in [9.17, 15) is 13.2 Å². The number of hydrogen-bond donors (Lipinski definition) is 2. The van der Waals surface area contributed by atoms with Crippen LogP contribution in [0.25, 0.3) is 0 Å². The van der Waals surface area contributed by atoms with Crippen molar-refractivity contribution in [2.45, 2.75) is 13.0 Å². The van der Waals surface area contributed by atoms with Crippen molar-refractivity contribution in [3.05, 3.63) is 34.9 Å². The van der Waals surface area contributed by atoms with Gasteiger partial charge in [0, 0.05) is 11.6 Å². The van der Waals surface area contributed by atoms with Crippen LogP contribution in [0.3, 0.4) is 0 Å². The molecule has 1 fully saturated rings. The van der Waals surface area contributed by atoms with Crippen LogP contribution >= 0.6 is 11.6 Å². The van der Waals surface area contributed by atoms with Crippen LogP contribution in [0.2, 0.25) is 5.02 Å². The number of carboxylic acid groups (broad SMARTS) is 1. The van der Waals surface area contributed by atoms with E-state index in [1.165, 1.54) is 0 Å². The molecule has 2 rings (SSSR count). The second kappa shape index (κ2) is 7.41. The van der Waals surface area contributed by atoms with Crippen molar-refractivity contribution in [2.75, 3.05) is 18.9 Å². The Morgan fingerprint density at radius 2 is 2.14 bits per heavy atom. The van der Waals surface area contributed by atoms with Gasteiger partial charge in [0.2, 0.25) is 10.0 Å². The van der Waals surface area contributed by atoms with Crippen molar-refractivity contribution in [3.8, 4) is 0 Å². The minimum Gasteiger partial charge on any atom is -0.481 e. The molecule has 22 heavy (non-hydrogen) atoms. The molecule has 0 radical (unpaired) electrons. The average Bonchev–Trinajstić information content (AvgIpc) is 3.19. The first-order chi connectivity index (χ1) is 10.4. The van der Waals surface area contributed by atoms with Gasteiger partial charge in [-0.25, -0.2) is 13.1 Å². The molecule has 0 heterocycles. The molecule has 6 nitrogen and oxygen atoms in total. The lowest BCUT2D eigenvalue weighted by molar-refractivity contribution is -0.138. The summed E-state index contributed by atoms with van der Waals surface area (Å²) < 4.78 is 31.3. The molecule has 1 aliphatic carbocycles. The predicted octanol–water partition coefficient (Wildman–Crippen LogP) is 1.50. The lowest BCUT2D eigenvalue weighted by Crippen LogP contribution is -2.30. The largest absolute Gasteiger partial charge is 0.481 e. The first-order valence-electron chi connectivity index (χ1n) is 6.90. The van der Waals surface area contributed by atoms with Gasteiger partial charge in [-0.05, 0) is 24.0 Å². The highest BCUT2D eigenvalue weighted by atomic mass is 35.5. The maximum absolute atomic E-state index is 11.8. The quantitative estimate of drug-likeness (QED) is 0.660. The summed E-state index contributed by atoms with van der Waals surface area (Å²) in [5, 5.41) is 9.36. The lowest BCUT2D eigenvalue weighted by Gasteiger charge is -2.08. The molecule has 0 unspecified atom stereocenters. The number of nitrogens with one attached hydrogen (secondary N) is 1. The Bertz CT molecular complexity index is 634. The number of benzene rings is 1. The molecule has 0 bridgehead atoms. The molecule has 1 aromatic rings. The van der Waals surface area contributed by atoms with E-state index in [0.29, 0.717) is 18.1 Å². The molecule has 0 aliphatic heterocycles. The van der Waals surface area contributed by atoms with Gasteiger partial charge in [0.1, 0.15) is 0 Å². The topological polar surface area (TPSA) is 92.7 Å². The number of halogens is 1. The Hall–Kier alpha value is -1.15.